The topological polar surface area (TPSA) is 52.6 Å². The quantitative estimate of drug-likeness (QED) is 0.640. The molecule has 1 amide bonds. The zero-order valence-electron chi connectivity index (χ0n) is 10.4. The summed E-state index contributed by atoms with van der Waals surface area (Å²) in [5.41, 5.74) is 0. The van der Waals surface area contributed by atoms with Crippen LogP contribution in [0.3, 0.4) is 0 Å². The van der Waals surface area contributed by atoms with Crippen molar-refractivity contribution in [2.24, 2.45) is 5.92 Å². The molecule has 0 spiro atoms. The number of rotatable bonds is 8. The van der Waals surface area contributed by atoms with E-state index in [-0.39, 0.29) is 12.5 Å². The summed E-state index contributed by atoms with van der Waals surface area (Å²) in [6, 6.07) is 0.624. The molecule has 0 aliphatic heterocycles. The maximum absolute atomic E-state index is 11.5. The molecule has 0 atom stereocenters. The van der Waals surface area contributed by atoms with E-state index in [1.807, 2.05) is 0 Å². The lowest BCUT2D eigenvalue weighted by molar-refractivity contribution is -0.122. The molecule has 0 aromatic carbocycles. The van der Waals surface area contributed by atoms with Gasteiger partial charge in [0.1, 0.15) is 0 Å². The van der Waals surface area contributed by atoms with E-state index in [1.165, 1.54) is 12.8 Å². The first-order valence-corrected chi connectivity index (χ1v) is 6.25. The first-order valence-electron chi connectivity index (χ1n) is 6.25. The van der Waals surface area contributed by atoms with Gasteiger partial charge in [0.05, 0.1) is 13.2 Å². The van der Waals surface area contributed by atoms with E-state index in [4.69, 9.17) is 5.11 Å². The highest BCUT2D eigenvalue weighted by molar-refractivity contribution is 5.78. The average Bonchev–Trinajstić information content (AvgIpc) is 3.04. The smallest absolute Gasteiger partial charge is 0.234 e. The molecular formula is C12H24N2O2. The molecular weight excluding hydrogens is 204 g/mol. The van der Waals surface area contributed by atoms with E-state index in [0.717, 1.165) is 13.0 Å². The van der Waals surface area contributed by atoms with Gasteiger partial charge in [-0.05, 0) is 31.7 Å². The Bertz CT molecular complexity index is 215. The normalized spacial score (nSPS) is 15.8. The Morgan fingerprint density at radius 2 is 2.19 bits per heavy atom. The molecule has 1 saturated carbocycles. The third-order valence-electron chi connectivity index (χ3n) is 2.84. The number of hydrogen-bond acceptors (Lipinski definition) is 3. The predicted octanol–water partition coefficient (Wildman–Crippen LogP) is 0.605. The van der Waals surface area contributed by atoms with E-state index in [1.54, 1.807) is 0 Å². The standard InChI is InChI=1S/C12H24N2O2/c1-10(2)5-7-14(11-3-4-11)9-12(16)13-6-8-15/h10-11,15H,3-9H2,1-2H3,(H,13,16). The molecule has 0 unspecified atom stereocenters. The molecule has 1 rings (SSSR count). The number of carbonyl (C=O) groups is 1. The van der Waals surface area contributed by atoms with Crippen LogP contribution >= 0.6 is 0 Å². The van der Waals surface area contributed by atoms with Crippen molar-refractivity contribution in [3.05, 3.63) is 0 Å². The summed E-state index contributed by atoms with van der Waals surface area (Å²) in [4.78, 5) is 13.8. The van der Waals surface area contributed by atoms with Crippen LogP contribution in [0.2, 0.25) is 0 Å². The number of carbonyl (C=O) groups excluding carboxylic acids is 1. The SMILES string of the molecule is CC(C)CCN(CC(=O)NCCO)C1CC1. The summed E-state index contributed by atoms with van der Waals surface area (Å²) in [5, 5.41) is 11.3. The lowest BCUT2D eigenvalue weighted by Crippen LogP contribution is -2.40. The molecule has 16 heavy (non-hydrogen) atoms. The fourth-order valence-corrected chi connectivity index (χ4v) is 1.69. The number of amides is 1. The molecule has 1 aliphatic rings. The van der Waals surface area contributed by atoms with Gasteiger partial charge in [-0.15, -0.1) is 0 Å². The van der Waals surface area contributed by atoms with Crippen LogP contribution in [0.4, 0.5) is 0 Å². The Labute approximate surface area is 98.0 Å². The number of aliphatic hydroxyl groups is 1. The molecule has 94 valence electrons. The highest BCUT2D eigenvalue weighted by Gasteiger charge is 2.29. The summed E-state index contributed by atoms with van der Waals surface area (Å²) in [7, 11) is 0. The van der Waals surface area contributed by atoms with Crippen LogP contribution in [0.1, 0.15) is 33.1 Å². The van der Waals surface area contributed by atoms with E-state index < -0.39 is 0 Å². The van der Waals surface area contributed by atoms with E-state index in [0.29, 0.717) is 25.0 Å². The molecule has 0 aromatic heterocycles. The maximum atomic E-state index is 11.5. The fraction of sp³-hybridized carbons (Fsp3) is 0.917. The average molecular weight is 228 g/mol. The highest BCUT2D eigenvalue weighted by Crippen LogP contribution is 2.26. The molecule has 4 heteroatoms. The first kappa shape index (κ1) is 13.5. The number of nitrogens with zero attached hydrogens (tertiary/aromatic N) is 1. The second-order valence-electron chi connectivity index (χ2n) is 4.96. The van der Waals surface area contributed by atoms with Gasteiger partial charge in [0.15, 0.2) is 0 Å². The van der Waals surface area contributed by atoms with Crippen molar-refractivity contribution in [3.8, 4) is 0 Å². The van der Waals surface area contributed by atoms with Crippen LogP contribution in [0.5, 0.6) is 0 Å². The van der Waals surface area contributed by atoms with Gasteiger partial charge in [0.2, 0.25) is 5.91 Å². The molecule has 0 bridgehead atoms. The van der Waals surface area contributed by atoms with Gasteiger partial charge < -0.3 is 10.4 Å². The van der Waals surface area contributed by atoms with Gasteiger partial charge in [-0.1, -0.05) is 13.8 Å². The zero-order valence-corrected chi connectivity index (χ0v) is 10.4. The molecule has 0 saturated heterocycles. The summed E-state index contributed by atoms with van der Waals surface area (Å²) >= 11 is 0. The summed E-state index contributed by atoms with van der Waals surface area (Å²) in [6.07, 6.45) is 3.60. The van der Waals surface area contributed by atoms with Gasteiger partial charge in [-0.2, -0.15) is 0 Å². The summed E-state index contributed by atoms with van der Waals surface area (Å²) in [6.45, 7) is 6.28. The van der Waals surface area contributed by atoms with Gasteiger partial charge in [0.25, 0.3) is 0 Å². The van der Waals surface area contributed by atoms with Crippen molar-refractivity contribution in [2.75, 3.05) is 26.2 Å². The Kier molecular flexibility index (Phi) is 5.77. The Balaban J connectivity index is 2.24. The van der Waals surface area contributed by atoms with Crippen molar-refractivity contribution < 1.29 is 9.90 Å². The largest absolute Gasteiger partial charge is 0.395 e. The fourth-order valence-electron chi connectivity index (χ4n) is 1.69. The minimum atomic E-state index is 0.0150. The van der Waals surface area contributed by atoms with Crippen LogP contribution in [0.25, 0.3) is 0 Å². The zero-order chi connectivity index (χ0) is 12.0. The summed E-state index contributed by atoms with van der Waals surface area (Å²) < 4.78 is 0. The minimum absolute atomic E-state index is 0.0150. The minimum Gasteiger partial charge on any atom is -0.395 e. The van der Waals surface area contributed by atoms with Gasteiger partial charge >= 0.3 is 0 Å². The molecule has 4 nitrogen and oxygen atoms in total. The van der Waals surface area contributed by atoms with Crippen molar-refractivity contribution in [1.29, 1.82) is 0 Å². The van der Waals surface area contributed by atoms with Crippen LogP contribution in [0.15, 0.2) is 0 Å². The van der Waals surface area contributed by atoms with Crippen LogP contribution in [0, 0.1) is 5.92 Å². The van der Waals surface area contributed by atoms with E-state index in [9.17, 15) is 4.79 Å². The van der Waals surface area contributed by atoms with Crippen LogP contribution < -0.4 is 5.32 Å². The summed E-state index contributed by atoms with van der Waals surface area (Å²) in [5.74, 6) is 0.714. The van der Waals surface area contributed by atoms with Gasteiger partial charge in [-0.25, -0.2) is 0 Å². The molecule has 0 heterocycles. The Morgan fingerprint density at radius 1 is 1.50 bits per heavy atom. The van der Waals surface area contributed by atoms with Crippen molar-refractivity contribution in [3.63, 3.8) is 0 Å². The lowest BCUT2D eigenvalue weighted by Gasteiger charge is -2.22. The van der Waals surface area contributed by atoms with Gasteiger partial charge in [-0.3, -0.25) is 9.69 Å². The van der Waals surface area contributed by atoms with Gasteiger partial charge in [0, 0.05) is 12.6 Å². The number of aliphatic hydroxyl groups excluding tert-OH is 1. The third-order valence-corrected chi connectivity index (χ3v) is 2.84. The maximum Gasteiger partial charge on any atom is 0.234 e. The van der Waals surface area contributed by atoms with Crippen LogP contribution in [-0.2, 0) is 4.79 Å². The predicted molar refractivity (Wildman–Crippen MR) is 64.1 cm³/mol. The second kappa shape index (κ2) is 6.86. The van der Waals surface area contributed by atoms with Crippen molar-refractivity contribution >= 4 is 5.91 Å². The van der Waals surface area contributed by atoms with E-state index >= 15 is 0 Å². The van der Waals surface area contributed by atoms with Crippen LogP contribution in [-0.4, -0.2) is 48.2 Å². The molecule has 1 fully saturated rings. The number of nitrogens with one attached hydrogen (secondary N) is 1. The van der Waals surface area contributed by atoms with Crippen molar-refractivity contribution in [1.82, 2.24) is 10.2 Å². The lowest BCUT2D eigenvalue weighted by atomic mass is 10.1. The first-order chi connectivity index (χ1) is 7.63. The Hall–Kier alpha value is -0.610. The van der Waals surface area contributed by atoms with Crippen molar-refractivity contribution in [2.45, 2.75) is 39.2 Å². The monoisotopic (exact) mass is 228 g/mol. The number of hydrogen-bond donors (Lipinski definition) is 2. The second-order valence-corrected chi connectivity index (χ2v) is 4.96. The third kappa shape index (κ3) is 5.47. The molecule has 0 aromatic rings. The molecule has 0 radical (unpaired) electrons. The Morgan fingerprint density at radius 3 is 2.69 bits per heavy atom. The molecule has 2 N–H and O–H groups in total. The molecule has 1 aliphatic carbocycles. The highest BCUT2D eigenvalue weighted by atomic mass is 16.3. The van der Waals surface area contributed by atoms with E-state index in [2.05, 4.69) is 24.1 Å².